The summed E-state index contributed by atoms with van der Waals surface area (Å²) in [6, 6.07) is 0. The van der Waals surface area contributed by atoms with E-state index in [4.69, 9.17) is 0 Å². The van der Waals surface area contributed by atoms with E-state index in [0.717, 1.165) is 0 Å². The Labute approximate surface area is 57.8 Å². The van der Waals surface area contributed by atoms with Gasteiger partial charge in [-0.15, -0.1) is 0 Å². The molecular weight excluding hydrogens is 139 g/mol. The second kappa shape index (κ2) is 3.57. The number of hydrogen-bond donors (Lipinski definition) is 0. The van der Waals surface area contributed by atoms with E-state index in [2.05, 4.69) is 11.9 Å². The van der Waals surface area contributed by atoms with Gasteiger partial charge < -0.3 is 4.90 Å². The van der Waals surface area contributed by atoms with Crippen LogP contribution < -0.4 is 0 Å². The minimum atomic E-state index is 0. The van der Waals surface area contributed by atoms with Crippen molar-refractivity contribution in [2.45, 2.75) is 12.8 Å². The predicted octanol–water partition coefficient (Wildman–Crippen LogP) is 0.710. The largest absolute Gasteiger partial charge is 0.306 e. The molecule has 1 saturated heterocycles. The van der Waals surface area contributed by atoms with E-state index < -0.39 is 0 Å². The van der Waals surface area contributed by atoms with Crippen molar-refractivity contribution in [1.29, 1.82) is 0 Å². The smallest absolute Gasteiger partial charge is 0 e. The van der Waals surface area contributed by atoms with Gasteiger partial charge in [-0.3, -0.25) is 0 Å². The van der Waals surface area contributed by atoms with Crippen molar-refractivity contribution in [3.63, 3.8) is 0 Å². The third-order valence-corrected chi connectivity index (χ3v) is 1.33. The fourth-order valence-electron chi connectivity index (χ4n) is 0.875. The first-order chi connectivity index (χ1) is 2.89. The minimum absolute atomic E-state index is 0. The Morgan fingerprint density at radius 1 is 1.14 bits per heavy atom. The van der Waals surface area contributed by atoms with Gasteiger partial charge in [0.25, 0.3) is 0 Å². The molecule has 1 nitrogen and oxygen atoms in total. The third kappa shape index (κ3) is 2.40. The first-order valence-corrected chi connectivity index (χ1v) is 2.58. The molecule has 0 aromatic rings. The zero-order valence-electron chi connectivity index (χ0n) is 4.98. The van der Waals surface area contributed by atoms with E-state index >= 15 is 0 Å². The van der Waals surface area contributed by atoms with Crippen molar-refractivity contribution >= 4 is 0 Å². The van der Waals surface area contributed by atoms with Crippen LogP contribution in [0.1, 0.15) is 12.8 Å². The SMILES string of the molecule is CN1CCCC1.[Zn]. The Balaban J connectivity index is 0.000000360. The maximum absolute atomic E-state index is 2.36. The van der Waals surface area contributed by atoms with E-state index in [0.29, 0.717) is 0 Å². The Hall–Kier alpha value is 0.583. The van der Waals surface area contributed by atoms with Crippen LogP contribution in [0, 0.1) is 0 Å². The van der Waals surface area contributed by atoms with Gasteiger partial charge in [-0.2, -0.15) is 0 Å². The molecule has 0 saturated carbocycles. The molecule has 38 valence electrons. The Morgan fingerprint density at radius 3 is 1.71 bits per heavy atom. The average molecular weight is 151 g/mol. The third-order valence-electron chi connectivity index (χ3n) is 1.33. The zero-order chi connectivity index (χ0) is 4.41. The van der Waals surface area contributed by atoms with Crippen molar-refractivity contribution in [1.82, 2.24) is 4.90 Å². The van der Waals surface area contributed by atoms with Gasteiger partial charge >= 0.3 is 0 Å². The fraction of sp³-hybridized carbons (Fsp3) is 1.00. The monoisotopic (exact) mass is 149 g/mol. The van der Waals surface area contributed by atoms with Crippen molar-refractivity contribution in [3.8, 4) is 0 Å². The molecule has 0 atom stereocenters. The molecular formula is C5H11NZn. The molecule has 0 aliphatic carbocycles. The van der Waals surface area contributed by atoms with Crippen LogP contribution in [0.2, 0.25) is 0 Å². The predicted molar refractivity (Wildman–Crippen MR) is 26.7 cm³/mol. The first kappa shape index (κ1) is 7.58. The van der Waals surface area contributed by atoms with Gasteiger partial charge in [0.2, 0.25) is 0 Å². The topological polar surface area (TPSA) is 3.24 Å². The van der Waals surface area contributed by atoms with E-state index in [9.17, 15) is 0 Å². The molecule has 0 radical (unpaired) electrons. The van der Waals surface area contributed by atoms with Crippen LogP contribution in [0.4, 0.5) is 0 Å². The molecule has 0 spiro atoms. The summed E-state index contributed by atoms with van der Waals surface area (Å²) in [5.41, 5.74) is 0. The fourth-order valence-corrected chi connectivity index (χ4v) is 0.875. The van der Waals surface area contributed by atoms with Crippen molar-refractivity contribution < 1.29 is 19.5 Å². The summed E-state index contributed by atoms with van der Waals surface area (Å²) in [5.74, 6) is 0. The van der Waals surface area contributed by atoms with Crippen LogP contribution in [-0.4, -0.2) is 25.0 Å². The van der Waals surface area contributed by atoms with E-state index in [1.54, 1.807) is 0 Å². The number of nitrogens with zero attached hydrogens (tertiary/aromatic N) is 1. The van der Waals surface area contributed by atoms with Crippen LogP contribution in [-0.2, 0) is 19.5 Å². The molecule has 0 N–H and O–H groups in total. The molecule has 1 heterocycles. The van der Waals surface area contributed by atoms with Gasteiger partial charge in [-0.1, -0.05) is 0 Å². The molecule has 0 aromatic carbocycles. The molecule has 1 aliphatic heterocycles. The molecule has 0 amide bonds. The number of likely N-dealkylation sites (tertiary alicyclic amines) is 1. The summed E-state index contributed by atoms with van der Waals surface area (Å²) < 4.78 is 0. The molecule has 0 bridgehead atoms. The van der Waals surface area contributed by atoms with Crippen molar-refractivity contribution in [2.24, 2.45) is 0 Å². The Morgan fingerprint density at radius 2 is 1.57 bits per heavy atom. The maximum Gasteiger partial charge on any atom is 0 e. The summed E-state index contributed by atoms with van der Waals surface area (Å²) in [4.78, 5) is 2.36. The van der Waals surface area contributed by atoms with Gasteiger partial charge in [0.15, 0.2) is 0 Å². The zero-order valence-corrected chi connectivity index (χ0v) is 7.95. The standard InChI is InChI=1S/C5H11N.Zn/c1-6-4-2-3-5-6;/h2-5H2,1H3;. The van der Waals surface area contributed by atoms with Crippen molar-refractivity contribution in [2.75, 3.05) is 20.1 Å². The van der Waals surface area contributed by atoms with Crippen molar-refractivity contribution in [3.05, 3.63) is 0 Å². The van der Waals surface area contributed by atoms with Crippen LogP contribution in [0.15, 0.2) is 0 Å². The molecule has 7 heavy (non-hydrogen) atoms. The Kier molecular flexibility index (Phi) is 3.87. The van der Waals surface area contributed by atoms with Crippen LogP contribution in [0.5, 0.6) is 0 Å². The molecule has 0 aromatic heterocycles. The van der Waals surface area contributed by atoms with Crippen LogP contribution in [0.3, 0.4) is 0 Å². The van der Waals surface area contributed by atoms with Gasteiger partial charge in [0.1, 0.15) is 0 Å². The van der Waals surface area contributed by atoms with E-state index in [-0.39, 0.29) is 19.5 Å². The summed E-state index contributed by atoms with van der Waals surface area (Å²) in [5, 5.41) is 0. The van der Waals surface area contributed by atoms with Gasteiger partial charge in [0, 0.05) is 19.5 Å². The van der Waals surface area contributed by atoms with Gasteiger partial charge in [0.05, 0.1) is 0 Å². The van der Waals surface area contributed by atoms with E-state index in [1.807, 2.05) is 0 Å². The normalized spacial score (nSPS) is 21.9. The second-order valence-corrected chi connectivity index (χ2v) is 2.01. The molecule has 2 heteroatoms. The molecule has 1 aliphatic rings. The summed E-state index contributed by atoms with van der Waals surface area (Å²) in [7, 11) is 2.17. The quantitative estimate of drug-likeness (QED) is 0.460. The number of rotatable bonds is 0. The Bertz CT molecular complexity index is 41.3. The van der Waals surface area contributed by atoms with Crippen LogP contribution in [0.25, 0.3) is 0 Å². The second-order valence-electron chi connectivity index (χ2n) is 2.01. The molecule has 1 fully saturated rings. The summed E-state index contributed by atoms with van der Waals surface area (Å²) >= 11 is 0. The minimum Gasteiger partial charge on any atom is -0.306 e. The molecule has 0 unspecified atom stereocenters. The van der Waals surface area contributed by atoms with Crippen LogP contribution >= 0.6 is 0 Å². The first-order valence-electron chi connectivity index (χ1n) is 2.58. The van der Waals surface area contributed by atoms with Gasteiger partial charge in [-0.05, 0) is 33.0 Å². The molecule has 1 rings (SSSR count). The van der Waals surface area contributed by atoms with E-state index in [1.165, 1.54) is 25.9 Å². The summed E-state index contributed by atoms with van der Waals surface area (Å²) in [6.45, 7) is 2.64. The summed E-state index contributed by atoms with van der Waals surface area (Å²) in [6.07, 6.45) is 2.83. The van der Waals surface area contributed by atoms with Gasteiger partial charge in [-0.25, -0.2) is 0 Å². The number of hydrogen-bond acceptors (Lipinski definition) is 1. The maximum atomic E-state index is 2.36. The average Bonchev–Trinajstić information content (AvgIpc) is 1.86.